The van der Waals surface area contributed by atoms with E-state index in [4.69, 9.17) is 0 Å². The molecule has 7 nitrogen and oxygen atoms in total. The highest BCUT2D eigenvalue weighted by molar-refractivity contribution is 7.87. The van der Waals surface area contributed by atoms with Crippen molar-refractivity contribution < 1.29 is 13.5 Å². The molecule has 2 N–H and O–H groups in total. The average Bonchev–Trinajstić information content (AvgIpc) is 2.46. The number of aliphatic hydroxyl groups is 1. The fourth-order valence-corrected chi connectivity index (χ4v) is 3.58. The molecular weight excluding hydrogens is 268 g/mol. The van der Waals surface area contributed by atoms with Gasteiger partial charge in [-0.3, -0.25) is 0 Å². The lowest BCUT2D eigenvalue weighted by molar-refractivity contribution is 0.154. The van der Waals surface area contributed by atoms with E-state index in [0.29, 0.717) is 18.7 Å². The standard InChI is InChI=1S/C11H18N4O3S/c16-9-11-5-1-2-7-15(11)19(17,18)13-8-10-4-3-6-12-14-10/h3-4,6,11,13,16H,1-2,5,7-9H2. The van der Waals surface area contributed by atoms with Crippen LogP contribution < -0.4 is 4.72 Å². The maximum Gasteiger partial charge on any atom is 0.280 e. The van der Waals surface area contributed by atoms with E-state index in [0.717, 1.165) is 12.8 Å². The Kier molecular flexibility index (Phi) is 4.81. The molecule has 106 valence electrons. The number of aliphatic hydroxyl groups excluding tert-OH is 1. The monoisotopic (exact) mass is 286 g/mol. The molecule has 1 aromatic rings. The molecule has 1 atom stereocenters. The second-order valence-electron chi connectivity index (χ2n) is 4.48. The van der Waals surface area contributed by atoms with Gasteiger partial charge in [-0.1, -0.05) is 6.42 Å². The molecular formula is C11H18N4O3S. The summed E-state index contributed by atoms with van der Waals surface area (Å²) >= 11 is 0. The molecule has 1 aliphatic rings. The van der Waals surface area contributed by atoms with Crippen molar-refractivity contribution in [1.82, 2.24) is 19.2 Å². The van der Waals surface area contributed by atoms with Crippen LogP contribution in [-0.2, 0) is 16.8 Å². The van der Waals surface area contributed by atoms with Crippen LogP contribution in [0.15, 0.2) is 18.3 Å². The Morgan fingerprint density at radius 2 is 2.32 bits per heavy atom. The van der Waals surface area contributed by atoms with Gasteiger partial charge in [-0.15, -0.1) is 0 Å². The number of hydrogen-bond donors (Lipinski definition) is 2. The SMILES string of the molecule is O=S(=O)(NCc1cccnn1)N1CCCCC1CO. The number of hydrogen-bond acceptors (Lipinski definition) is 5. The molecule has 8 heteroatoms. The number of piperidine rings is 1. The van der Waals surface area contributed by atoms with Gasteiger partial charge in [0, 0.05) is 18.8 Å². The van der Waals surface area contributed by atoms with Gasteiger partial charge in [0.05, 0.1) is 18.8 Å². The summed E-state index contributed by atoms with van der Waals surface area (Å²) in [6.45, 7) is 0.401. The van der Waals surface area contributed by atoms with Crippen LogP contribution in [0.25, 0.3) is 0 Å². The third-order valence-corrected chi connectivity index (χ3v) is 4.76. The van der Waals surface area contributed by atoms with Crippen molar-refractivity contribution in [1.29, 1.82) is 0 Å². The molecule has 0 amide bonds. The van der Waals surface area contributed by atoms with Gasteiger partial charge in [-0.05, 0) is 25.0 Å². The number of nitrogens with one attached hydrogen (secondary N) is 1. The Hall–Kier alpha value is -1.09. The van der Waals surface area contributed by atoms with Gasteiger partial charge in [0.15, 0.2) is 0 Å². The predicted molar refractivity (Wildman–Crippen MR) is 69.2 cm³/mol. The van der Waals surface area contributed by atoms with Crippen molar-refractivity contribution >= 4 is 10.2 Å². The van der Waals surface area contributed by atoms with Gasteiger partial charge >= 0.3 is 0 Å². The highest BCUT2D eigenvalue weighted by Gasteiger charge is 2.31. The second kappa shape index (κ2) is 6.38. The molecule has 0 radical (unpaired) electrons. The fraction of sp³-hybridized carbons (Fsp3) is 0.636. The van der Waals surface area contributed by atoms with Crippen molar-refractivity contribution in [2.75, 3.05) is 13.2 Å². The Morgan fingerprint density at radius 3 is 3.00 bits per heavy atom. The number of nitrogens with zero attached hydrogens (tertiary/aromatic N) is 3. The summed E-state index contributed by atoms with van der Waals surface area (Å²) in [6, 6.07) is 3.08. The molecule has 1 fully saturated rings. The lowest BCUT2D eigenvalue weighted by Crippen LogP contribution is -2.50. The third kappa shape index (κ3) is 3.69. The summed E-state index contributed by atoms with van der Waals surface area (Å²) in [7, 11) is -3.59. The second-order valence-corrected chi connectivity index (χ2v) is 6.19. The molecule has 0 bridgehead atoms. The van der Waals surface area contributed by atoms with Crippen LogP contribution >= 0.6 is 0 Å². The normalized spacial score (nSPS) is 21.4. The molecule has 1 saturated heterocycles. The first-order valence-electron chi connectivity index (χ1n) is 6.27. The van der Waals surface area contributed by atoms with E-state index in [9.17, 15) is 13.5 Å². The first kappa shape index (κ1) is 14.3. The Balaban J connectivity index is 2.01. The van der Waals surface area contributed by atoms with Gasteiger partial charge in [-0.2, -0.15) is 27.6 Å². The predicted octanol–water partition coefficient (Wildman–Crippen LogP) is -0.342. The minimum Gasteiger partial charge on any atom is -0.395 e. The van der Waals surface area contributed by atoms with Crippen LogP contribution in [0, 0.1) is 0 Å². The molecule has 0 saturated carbocycles. The van der Waals surface area contributed by atoms with Gasteiger partial charge in [0.25, 0.3) is 10.2 Å². The molecule has 2 rings (SSSR count). The number of rotatable bonds is 5. The quantitative estimate of drug-likeness (QED) is 0.772. The van der Waals surface area contributed by atoms with Crippen LogP contribution in [0.4, 0.5) is 0 Å². The first-order valence-corrected chi connectivity index (χ1v) is 7.71. The van der Waals surface area contributed by atoms with Crippen LogP contribution in [0.3, 0.4) is 0 Å². The van der Waals surface area contributed by atoms with E-state index < -0.39 is 10.2 Å². The minimum atomic E-state index is -3.59. The lowest BCUT2D eigenvalue weighted by Gasteiger charge is -2.33. The van der Waals surface area contributed by atoms with Crippen molar-refractivity contribution in [2.24, 2.45) is 0 Å². The summed E-state index contributed by atoms with van der Waals surface area (Å²) < 4.78 is 28.2. The summed E-state index contributed by atoms with van der Waals surface area (Å²) in [6.07, 6.45) is 4.00. The van der Waals surface area contributed by atoms with Crippen molar-refractivity contribution in [3.8, 4) is 0 Å². The summed E-state index contributed by atoms with van der Waals surface area (Å²) in [5.41, 5.74) is 0.559. The Bertz CT molecular complexity index is 494. The molecule has 0 spiro atoms. The number of aromatic nitrogens is 2. The zero-order chi connectivity index (χ0) is 13.7. The zero-order valence-electron chi connectivity index (χ0n) is 10.6. The average molecular weight is 286 g/mol. The van der Waals surface area contributed by atoms with Gasteiger partial charge < -0.3 is 5.11 Å². The smallest absolute Gasteiger partial charge is 0.280 e. The lowest BCUT2D eigenvalue weighted by atomic mass is 10.1. The maximum atomic E-state index is 12.2. The van der Waals surface area contributed by atoms with E-state index in [1.54, 1.807) is 12.1 Å². The van der Waals surface area contributed by atoms with E-state index in [1.165, 1.54) is 10.5 Å². The van der Waals surface area contributed by atoms with Crippen LogP contribution in [0.2, 0.25) is 0 Å². The molecule has 1 aliphatic heterocycles. The van der Waals surface area contributed by atoms with Crippen LogP contribution in [0.5, 0.6) is 0 Å². The molecule has 0 aromatic carbocycles. The van der Waals surface area contributed by atoms with Crippen molar-refractivity contribution in [2.45, 2.75) is 31.8 Å². The highest BCUT2D eigenvalue weighted by Crippen LogP contribution is 2.19. The van der Waals surface area contributed by atoms with Gasteiger partial charge in [0.2, 0.25) is 0 Å². The summed E-state index contributed by atoms with van der Waals surface area (Å²) in [5, 5.41) is 16.8. The third-order valence-electron chi connectivity index (χ3n) is 3.16. The minimum absolute atomic E-state index is 0.102. The summed E-state index contributed by atoms with van der Waals surface area (Å²) in [4.78, 5) is 0. The van der Waals surface area contributed by atoms with Crippen molar-refractivity contribution in [3.05, 3.63) is 24.0 Å². The topological polar surface area (TPSA) is 95.4 Å². The summed E-state index contributed by atoms with van der Waals surface area (Å²) in [5.74, 6) is 0. The fourth-order valence-electron chi connectivity index (χ4n) is 2.15. The molecule has 19 heavy (non-hydrogen) atoms. The largest absolute Gasteiger partial charge is 0.395 e. The van der Waals surface area contributed by atoms with E-state index in [-0.39, 0.29) is 19.2 Å². The van der Waals surface area contributed by atoms with Crippen molar-refractivity contribution in [3.63, 3.8) is 0 Å². The van der Waals surface area contributed by atoms with E-state index >= 15 is 0 Å². The van der Waals surface area contributed by atoms with Gasteiger partial charge in [0.1, 0.15) is 0 Å². The van der Waals surface area contributed by atoms with Crippen LogP contribution in [0.1, 0.15) is 25.0 Å². The molecule has 0 aliphatic carbocycles. The first-order chi connectivity index (χ1) is 9.13. The van der Waals surface area contributed by atoms with Gasteiger partial charge in [-0.25, -0.2) is 0 Å². The van der Waals surface area contributed by atoms with E-state index in [1.807, 2.05) is 0 Å². The zero-order valence-corrected chi connectivity index (χ0v) is 11.4. The maximum absolute atomic E-state index is 12.2. The Morgan fingerprint density at radius 1 is 1.47 bits per heavy atom. The molecule has 1 aromatic heterocycles. The highest BCUT2D eigenvalue weighted by atomic mass is 32.2. The van der Waals surface area contributed by atoms with Crippen LogP contribution in [-0.4, -0.2) is 47.2 Å². The van der Waals surface area contributed by atoms with E-state index in [2.05, 4.69) is 14.9 Å². The Labute approximate surface area is 112 Å². The molecule has 2 heterocycles. The molecule has 1 unspecified atom stereocenters.